The minimum absolute atomic E-state index is 0.125. The summed E-state index contributed by atoms with van der Waals surface area (Å²) in [5.74, 6) is 0. The normalized spacial score (nSPS) is 11.0. The van der Waals surface area contributed by atoms with Crippen molar-refractivity contribution in [1.29, 1.82) is 5.26 Å². The van der Waals surface area contributed by atoms with Crippen molar-refractivity contribution in [1.82, 2.24) is 4.98 Å². The first-order valence-electron chi connectivity index (χ1n) is 5.93. The van der Waals surface area contributed by atoms with Crippen molar-refractivity contribution in [3.8, 4) is 6.07 Å². The minimum Gasteiger partial charge on any atom is -0.265 e. The molecule has 0 fully saturated rings. The van der Waals surface area contributed by atoms with Crippen LogP contribution in [-0.2, 0) is 10.0 Å². The van der Waals surface area contributed by atoms with Crippen LogP contribution in [0.1, 0.15) is 11.4 Å². The predicted octanol–water partition coefficient (Wildman–Crippen LogP) is 2.56. The van der Waals surface area contributed by atoms with Crippen LogP contribution in [0.15, 0.2) is 40.7 Å². The molecule has 5 nitrogen and oxygen atoms in total. The summed E-state index contributed by atoms with van der Waals surface area (Å²) < 4.78 is 26.7. The van der Waals surface area contributed by atoms with Gasteiger partial charge in [-0.25, -0.2) is 13.4 Å². The quantitative estimate of drug-likeness (QED) is 0.851. The van der Waals surface area contributed by atoms with Crippen molar-refractivity contribution >= 4 is 27.0 Å². The van der Waals surface area contributed by atoms with Crippen LogP contribution in [0, 0.1) is 18.3 Å². The van der Waals surface area contributed by atoms with Crippen molar-refractivity contribution in [3.63, 3.8) is 0 Å². The molecule has 2 aromatic rings. The Labute approximate surface area is 122 Å². The average molecular weight is 307 g/mol. The molecular weight excluding hydrogens is 294 g/mol. The molecule has 0 N–H and O–H groups in total. The van der Waals surface area contributed by atoms with E-state index < -0.39 is 10.0 Å². The molecule has 0 aliphatic heterocycles. The van der Waals surface area contributed by atoms with Crippen LogP contribution < -0.4 is 4.31 Å². The van der Waals surface area contributed by atoms with Crippen LogP contribution in [0.3, 0.4) is 0 Å². The molecule has 1 aromatic heterocycles. The van der Waals surface area contributed by atoms with E-state index in [1.807, 2.05) is 12.1 Å². The van der Waals surface area contributed by atoms with Crippen molar-refractivity contribution in [3.05, 3.63) is 41.5 Å². The third-order valence-corrected chi connectivity index (χ3v) is 5.79. The van der Waals surface area contributed by atoms with E-state index in [0.717, 1.165) is 11.3 Å². The number of hydrogen-bond acceptors (Lipinski definition) is 5. The topological polar surface area (TPSA) is 74.1 Å². The molecule has 0 saturated heterocycles. The summed E-state index contributed by atoms with van der Waals surface area (Å²) in [5.41, 5.74) is 0.550. The summed E-state index contributed by atoms with van der Waals surface area (Å²) in [6.45, 7) is 1.88. The first-order chi connectivity index (χ1) is 9.55. The third-order valence-electron chi connectivity index (χ3n) is 2.62. The van der Waals surface area contributed by atoms with Gasteiger partial charge in [-0.05, 0) is 19.1 Å². The fourth-order valence-electron chi connectivity index (χ4n) is 1.70. The summed E-state index contributed by atoms with van der Waals surface area (Å²) in [7, 11) is -3.67. The molecule has 0 aliphatic carbocycles. The molecule has 0 aliphatic rings. The van der Waals surface area contributed by atoms with E-state index in [0.29, 0.717) is 10.7 Å². The first kappa shape index (κ1) is 14.5. The summed E-state index contributed by atoms with van der Waals surface area (Å²) in [4.78, 5) is 3.99. The molecule has 0 spiro atoms. The molecule has 1 aromatic carbocycles. The standard InChI is InChI=1S/C13H13N3O2S2/c1-11-15-10-13(19-11)20(17,18)16(9-5-8-14)12-6-3-2-4-7-12/h2-4,6-7,10H,5,9H2,1H3. The summed E-state index contributed by atoms with van der Waals surface area (Å²) in [6.07, 6.45) is 1.49. The number of anilines is 1. The Morgan fingerprint density at radius 3 is 2.60 bits per heavy atom. The van der Waals surface area contributed by atoms with Gasteiger partial charge in [0.25, 0.3) is 10.0 Å². The molecule has 0 atom stereocenters. The molecule has 0 bridgehead atoms. The number of sulfonamides is 1. The van der Waals surface area contributed by atoms with Gasteiger partial charge in [0.15, 0.2) is 4.21 Å². The lowest BCUT2D eigenvalue weighted by Crippen LogP contribution is -2.31. The number of aromatic nitrogens is 1. The maximum atomic E-state index is 12.6. The maximum Gasteiger partial charge on any atom is 0.275 e. The zero-order valence-electron chi connectivity index (χ0n) is 10.9. The van der Waals surface area contributed by atoms with E-state index in [2.05, 4.69) is 4.98 Å². The van der Waals surface area contributed by atoms with Gasteiger partial charge in [-0.2, -0.15) is 5.26 Å². The van der Waals surface area contributed by atoms with Crippen LogP contribution in [0.25, 0.3) is 0 Å². The van der Waals surface area contributed by atoms with Gasteiger partial charge in [-0.15, -0.1) is 11.3 Å². The van der Waals surface area contributed by atoms with Crippen molar-refractivity contribution in [2.75, 3.05) is 10.8 Å². The Bertz CT molecular complexity index is 718. The van der Waals surface area contributed by atoms with Crippen LogP contribution in [0.5, 0.6) is 0 Å². The van der Waals surface area contributed by atoms with Gasteiger partial charge >= 0.3 is 0 Å². The Morgan fingerprint density at radius 2 is 2.05 bits per heavy atom. The molecule has 104 valence electrons. The van der Waals surface area contributed by atoms with Gasteiger partial charge in [0.05, 0.1) is 29.4 Å². The number of hydrogen-bond donors (Lipinski definition) is 0. The van der Waals surface area contributed by atoms with Crippen molar-refractivity contribution in [2.24, 2.45) is 0 Å². The molecule has 0 amide bonds. The zero-order valence-corrected chi connectivity index (χ0v) is 12.5. The molecule has 20 heavy (non-hydrogen) atoms. The molecule has 0 radical (unpaired) electrons. The Hall–Kier alpha value is -1.91. The molecule has 1 heterocycles. The second kappa shape index (κ2) is 6.03. The van der Waals surface area contributed by atoms with Gasteiger partial charge in [0, 0.05) is 6.54 Å². The highest BCUT2D eigenvalue weighted by molar-refractivity contribution is 7.94. The maximum absolute atomic E-state index is 12.6. The summed E-state index contributed by atoms with van der Waals surface area (Å²) >= 11 is 1.13. The van der Waals surface area contributed by atoms with Crippen molar-refractivity contribution < 1.29 is 8.42 Å². The molecule has 0 unspecified atom stereocenters. The van der Waals surface area contributed by atoms with Gasteiger partial charge in [-0.1, -0.05) is 18.2 Å². The van der Waals surface area contributed by atoms with Crippen LogP contribution >= 0.6 is 11.3 Å². The number of benzene rings is 1. The second-order valence-corrected chi connectivity index (χ2v) is 7.34. The zero-order chi connectivity index (χ0) is 14.6. The third kappa shape index (κ3) is 2.98. The van der Waals surface area contributed by atoms with Crippen LogP contribution in [0.4, 0.5) is 5.69 Å². The Kier molecular flexibility index (Phi) is 4.37. The predicted molar refractivity (Wildman–Crippen MR) is 78.1 cm³/mol. The van der Waals surface area contributed by atoms with E-state index in [4.69, 9.17) is 5.26 Å². The highest BCUT2D eigenvalue weighted by atomic mass is 32.2. The number of para-hydroxylation sites is 1. The number of nitrogens with zero attached hydrogens (tertiary/aromatic N) is 3. The number of nitriles is 1. The number of thiazole rings is 1. The summed E-state index contributed by atoms with van der Waals surface area (Å²) in [6, 6.07) is 10.7. The largest absolute Gasteiger partial charge is 0.275 e. The van der Waals surface area contributed by atoms with Gasteiger partial charge < -0.3 is 0 Å². The average Bonchev–Trinajstić information content (AvgIpc) is 2.88. The first-order valence-corrected chi connectivity index (χ1v) is 8.18. The smallest absolute Gasteiger partial charge is 0.265 e. The lowest BCUT2D eigenvalue weighted by Gasteiger charge is -2.22. The Balaban J connectivity index is 2.44. The SMILES string of the molecule is Cc1ncc(S(=O)(=O)N(CCC#N)c2ccccc2)s1. The number of aryl methyl sites for hydroxylation is 1. The minimum atomic E-state index is -3.67. The van der Waals surface area contributed by atoms with E-state index >= 15 is 0 Å². The fourth-order valence-corrected chi connectivity index (χ4v) is 4.39. The van der Waals surface area contributed by atoms with Gasteiger partial charge in [-0.3, -0.25) is 4.31 Å². The van der Waals surface area contributed by atoms with Crippen LogP contribution in [-0.4, -0.2) is 19.9 Å². The highest BCUT2D eigenvalue weighted by Gasteiger charge is 2.26. The molecule has 0 saturated carbocycles. The monoisotopic (exact) mass is 307 g/mol. The molecule has 7 heteroatoms. The van der Waals surface area contributed by atoms with E-state index in [1.165, 1.54) is 10.5 Å². The second-order valence-electron chi connectivity index (χ2n) is 4.02. The van der Waals surface area contributed by atoms with E-state index in [9.17, 15) is 8.42 Å². The fraction of sp³-hybridized carbons (Fsp3) is 0.231. The van der Waals surface area contributed by atoms with E-state index in [-0.39, 0.29) is 17.2 Å². The van der Waals surface area contributed by atoms with Gasteiger partial charge in [0.1, 0.15) is 0 Å². The van der Waals surface area contributed by atoms with Crippen LogP contribution in [0.2, 0.25) is 0 Å². The summed E-state index contributed by atoms with van der Waals surface area (Å²) in [5, 5.41) is 9.41. The molecule has 2 rings (SSSR count). The van der Waals surface area contributed by atoms with Gasteiger partial charge in [0.2, 0.25) is 0 Å². The van der Waals surface area contributed by atoms with Crippen molar-refractivity contribution in [2.45, 2.75) is 17.6 Å². The lowest BCUT2D eigenvalue weighted by molar-refractivity contribution is 0.593. The number of rotatable bonds is 5. The molecular formula is C13H13N3O2S2. The van der Waals surface area contributed by atoms with E-state index in [1.54, 1.807) is 31.2 Å². The Morgan fingerprint density at radius 1 is 1.35 bits per heavy atom. The lowest BCUT2D eigenvalue weighted by atomic mass is 10.3. The highest BCUT2D eigenvalue weighted by Crippen LogP contribution is 2.27.